The molecule has 0 amide bonds. The third kappa shape index (κ3) is 1.86. The molecule has 84 valence electrons. The highest BCUT2D eigenvalue weighted by molar-refractivity contribution is 5.36. The fourth-order valence-corrected chi connectivity index (χ4v) is 1.73. The number of nitrogens with zero attached hydrogens (tertiary/aromatic N) is 2. The van der Waals surface area contributed by atoms with Gasteiger partial charge in [0.2, 0.25) is 0 Å². The predicted molar refractivity (Wildman–Crippen MR) is 63.6 cm³/mol. The van der Waals surface area contributed by atoms with Crippen LogP contribution >= 0.6 is 0 Å². The van der Waals surface area contributed by atoms with E-state index < -0.39 is 0 Å². The van der Waals surface area contributed by atoms with Gasteiger partial charge in [0.15, 0.2) is 0 Å². The van der Waals surface area contributed by atoms with Crippen LogP contribution in [0, 0.1) is 6.92 Å². The molecule has 1 aromatic heterocycles. The molecule has 0 radical (unpaired) electrons. The van der Waals surface area contributed by atoms with Crippen molar-refractivity contribution in [1.82, 2.24) is 9.78 Å². The van der Waals surface area contributed by atoms with Crippen LogP contribution < -0.4 is 0 Å². The van der Waals surface area contributed by atoms with Crippen LogP contribution in [0.4, 0.5) is 0 Å². The molecule has 1 aromatic carbocycles. The molecule has 0 bridgehead atoms. The van der Waals surface area contributed by atoms with Gasteiger partial charge in [-0.25, -0.2) is 4.68 Å². The Morgan fingerprint density at radius 2 is 1.94 bits per heavy atom. The summed E-state index contributed by atoms with van der Waals surface area (Å²) in [6, 6.07) is 8.32. The van der Waals surface area contributed by atoms with E-state index in [1.165, 1.54) is 5.56 Å². The molecule has 3 heteroatoms. The first-order chi connectivity index (χ1) is 7.76. The van der Waals surface area contributed by atoms with Gasteiger partial charge in [0, 0.05) is 11.3 Å². The minimum absolute atomic E-state index is 0.0406. The molecule has 2 aromatic rings. The van der Waals surface area contributed by atoms with Gasteiger partial charge >= 0.3 is 0 Å². The number of aliphatic hydroxyl groups is 1. The van der Waals surface area contributed by atoms with Gasteiger partial charge in [0.05, 0.1) is 18.5 Å². The molecule has 2 rings (SSSR count). The summed E-state index contributed by atoms with van der Waals surface area (Å²) in [6.45, 7) is 4.14. The SMILES string of the molecule is CCc1ccc(-n2ncc(CO)c2C)cc1. The molecule has 0 saturated carbocycles. The van der Waals surface area contributed by atoms with Crippen LogP contribution in [0.15, 0.2) is 30.5 Å². The highest BCUT2D eigenvalue weighted by atomic mass is 16.3. The number of hydrogen-bond donors (Lipinski definition) is 1. The lowest BCUT2D eigenvalue weighted by Crippen LogP contribution is -1.99. The molecule has 0 aliphatic carbocycles. The first-order valence-electron chi connectivity index (χ1n) is 5.50. The van der Waals surface area contributed by atoms with E-state index in [2.05, 4.69) is 36.3 Å². The van der Waals surface area contributed by atoms with Crippen LogP contribution in [0.5, 0.6) is 0 Å². The van der Waals surface area contributed by atoms with Gasteiger partial charge in [-0.2, -0.15) is 5.10 Å². The minimum atomic E-state index is 0.0406. The van der Waals surface area contributed by atoms with Crippen LogP contribution in [-0.2, 0) is 13.0 Å². The van der Waals surface area contributed by atoms with Crippen molar-refractivity contribution in [2.24, 2.45) is 0 Å². The first-order valence-corrected chi connectivity index (χ1v) is 5.50. The summed E-state index contributed by atoms with van der Waals surface area (Å²) in [7, 11) is 0. The van der Waals surface area contributed by atoms with Gasteiger partial charge in [0.1, 0.15) is 0 Å². The van der Waals surface area contributed by atoms with Crippen molar-refractivity contribution in [2.45, 2.75) is 26.9 Å². The monoisotopic (exact) mass is 216 g/mol. The zero-order chi connectivity index (χ0) is 11.5. The lowest BCUT2D eigenvalue weighted by atomic mass is 10.1. The topological polar surface area (TPSA) is 38.0 Å². The molecular formula is C13H16N2O. The Bertz CT molecular complexity index is 471. The summed E-state index contributed by atoms with van der Waals surface area (Å²) in [6.07, 6.45) is 2.75. The summed E-state index contributed by atoms with van der Waals surface area (Å²) in [4.78, 5) is 0. The van der Waals surface area contributed by atoms with Crippen LogP contribution in [0.2, 0.25) is 0 Å². The molecule has 1 N–H and O–H groups in total. The zero-order valence-electron chi connectivity index (χ0n) is 9.64. The van der Waals surface area contributed by atoms with E-state index in [1.807, 2.05) is 11.6 Å². The lowest BCUT2D eigenvalue weighted by Gasteiger charge is -2.05. The maximum Gasteiger partial charge on any atom is 0.0715 e. The number of hydrogen-bond acceptors (Lipinski definition) is 2. The van der Waals surface area contributed by atoms with Crippen molar-refractivity contribution < 1.29 is 5.11 Å². The molecule has 0 atom stereocenters. The second kappa shape index (κ2) is 4.49. The van der Waals surface area contributed by atoms with E-state index in [-0.39, 0.29) is 6.61 Å². The van der Waals surface area contributed by atoms with Crippen molar-refractivity contribution in [1.29, 1.82) is 0 Å². The lowest BCUT2D eigenvalue weighted by molar-refractivity contribution is 0.281. The summed E-state index contributed by atoms with van der Waals surface area (Å²) < 4.78 is 1.85. The van der Waals surface area contributed by atoms with Gasteiger partial charge in [-0.1, -0.05) is 19.1 Å². The fourth-order valence-electron chi connectivity index (χ4n) is 1.73. The Morgan fingerprint density at radius 3 is 2.44 bits per heavy atom. The molecule has 0 aliphatic heterocycles. The second-order valence-corrected chi connectivity index (χ2v) is 3.85. The van der Waals surface area contributed by atoms with Gasteiger partial charge in [-0.3, -0.25) is 0 Å². The first kappa shape index (κ1) is 10.9. The van der Waals surface area contributed by atoms with E-state index >= 15 is 0 Å². The summed E-state index contributed by atoms with van der Waals surface area (Å²) in [5.74, 6) is 0. The largest absolute Gasteiger partial charge is 0.392 e. The molecule has 0 spiro atoms. The predicted octanol–water partition coefficient (Wildman–Crippen LogP) is 2.24. The number of rotatable bonds is 3. The summed E-state index contributed by atoms with van der Waals surface area (Å²) in [5, 5.41) is 13.4. The molecule has 16 heavy (non-hydrogen) atoms. The molecule has 0 aliphatic rings. The number of aliphatic hydroxyl groups excluding tert-OH is 1. The van der Waals surface area contributed by atoms with Crippen LogP contribution in [-0.4, -0.2) is 14.9 Å². The summed E-state index contributed by atoms with van der Waals surface area (Å²) in [5.41, 5.74) is 4.22. The Labute approximate surface area is 95.3 Å². The van der Waals surface area contributed by atoms with E-state index in [0.717, 1.165) is 23.4 Å². The van der Waals surface area contributed by atoms with Crippen molar-refractivity contribution in [3.05, 3.63) is 47.3 Å². The van der Waals surface area contributed by atoms with Crippen LogP contribution in [0.1, 0.15) is 23.7 Å². The van der Waals surface area contributed by atoms with Crippen molar-refractivity contribution >= 4 is 0 Å². The Morgan fingerprint density at radius 1 is 1.25 bits per heavy atom. The maximum absolute atomic E-state index is 9.11. The highest BCUT2D eigenvalue weighted by Crippen LogP contribution is 2.15. The van der Waals surface area contributed by atoms with E-state index in [0.29, 0.717) is 0 Å². The molecule has 0 fully saturated rings. The molecule has 0 unspecified atom stereocenters. The Balaban J connectivity index is 2.38. The molecule has 1 heterocycles. The quantitative estimate of drug-likeness (QED) is 0.854. The van der Waals surface area contributed by atoms with Crippen molar-refractivity contribution in [2.75, 3.05) is 0 Å². The summed E-state index contributed by atoms with van der Waals surface area (Å²) >= 11 is 0. The van der Waals surface area contributed by atoms with Gasteiger partial charge < -0.3 is 5.11 Å². The highest BCUT2D eigenvalue weighted by Gasteiger charge is 2.06. The van der Waals surface area contributed by atoms with Crippen LogP contribution in [0.3, 0.4) is 0 Å². The molecule has 3 nitrogen and oxygen atoms in total. The Kier molecular flexibility index (Phi) is 3.06. The maximum atomic E-state index is 9.11. The smallest absolute Gasteiger partial charge is 0.0715 e. The third-order valence-electron chi connectivity index (χ3n) is 2.87. The fraction of sp³-hybridized carbons (Fsp3) is 0.308. The normalized spacial score (nSPS) is 10.7. The number of aryl methyl sites for hydroxylation is 1. The zero-order valence-corrected chi connectivity index (χ0v) is 9.64. The number of benzene rings is 1. The minimum Gasteiger partial charge on any atom is -0.392 e. The number of aromatic nitrogens is 2. The van der Waals surface area contributed by atoms with Gasteiger partial charge in [0.25, 0.3) is 0 Å². The molecular weight excluding hydrogens is 200 g/mol. The van der Waals surface area contributed by atoms with E-state index in [1.54, 1.807) is 6.20 Å². The second-order valence-electron chi connectivity index (χ2n) is 3.85. The van der Waals surface area contributed by atoms with E-state index in [4.69, 9.17) is 5.11 Å². The standard InChI is InChI=1S/C13H16N2O/c1-3-11-4-6-13(7-5-11)15-10(2)12(9-16)8-14-15/h4-8,16H,3,9H2,1-2H3. The average molecular weight is 216 g/mol. The van der Waals surface area contributed by atoms with E-state index in [9.17, 15) is 0 Å². The molecule has 0 saturated heterocycles. The Hall–Kier alpha value is -1.61. The van der Waals surface area contributed by atoms with Crippen molar-refractivity contribution in [3.8, 4) is 5.69 Å². The third-order valence-corrected chi connectivity index (χ3v) is 2.87. The van der Waals surface area contributed by atoms with Gasteiger partial charge in [-0.15, -0.1) is 0 Å². The average Bonchev–Trinajstić information content (AvgIpc) is 2.70. The van der Waals surface area contributed by atoms with Crippen molar-refractivity contribution in [3.63, 3.8) is 0 Å². The van der Waals surface area contributed by atoms with Gasteiger partial charge in [-0.05, 0) is 31.0 Å². The van der Waals surface area contributed by atoms with Crippen LogP contribution in [0.25, 0.3) is 5.69 Å².